The Bertz CT molecular complexity index is 1100. The molecule has 4 aliphatic rings. The van der Waals surface area contributed by atoms with E-state index in [0.717, 1.165) is 69.4 Å². The zero-order valence-corrected chi connectivity index (χ0v) is 22.0. The first kappa shape index (κ1) is 24.8. The maximum atomic E-state index is 11.6. The van der Waals surface area contributed by atoms with E-state index in [1.54, 1.807) is 7.11 Å². The van der Waals surface area contributed by atoms with Crippen LogP contribution < -0.4 is 5.32 Å². The summed E-state index contributed by atoms with van der Waals surface area (Å²) >= 11 is 0. The second-order valence-corrected chi connectivity index (χ2v) is 11.2. The van der Waals surface area contributed by atoms with Gasteiger partial charge in [-0.2, -0.15) is 0 Å². The van der Waals surface area contributed by atoms with Gasteiger partial charge in [-0.25, -0.2) is 0 Å². The maximum absolute atomic E-state index is 11.6. The molecule has 0 spiro atoms. The summed E-state index contributed by atoms with van der Waals surface area (Å²) in [7, 11) is 1.60. The summed E-state index contributed by atoms with van der Waals surface area (Å²) in [5.41, 5.74) is 7.08. The van der Waals surface area contributed by atoms with Crippen LogP contribution in [0, 0.1) is 11.3 Å². The molecule has 0 aromatic heterocycles. The van der Waals surface area contributed by atoms with Crippen molar-refractivity contribution in [2.24, 2.45) is 16.5 Å². The highest BCUT2D eigenvalue weighted by atomic mass is 16.6. The van der Waals surface area contributed by atoms with Crippen LogP contribution in [0.3, 0.4) is 0 Å². The van der Waals surface area contributed by atoms with E-state index in [1.165, 1.54) is 22.4 Å². The number of hydrogen-bond acceptors (Lipinski definition) is 6. The van der Waals surface area contributed by atoms with Crippen LogP contribution in [-0.4, -0.2) is 49.8 Å². The molecule has 1 N–H and O–H groups in total. The largest absolute Gasteiger partial charge is 0.399 e. The molecule has 1 saturated carbocycles. The molecule has 2 unspecified atom stereocenters. The highest BCUT2D eigenvalue weighted by Gasteiger charge is 2.44. The van der Waals surface area contributed by atoms with Crippen LogP contribution >= 0.6 is 0 Å². The van der Waals surface area contributed by atoms with Crippen molar-refractivity contribution in [1.29, 1.82) is 0 Å². The summed E-state index contributed by atoms with van der Waals surface area (Å²) < 4.78 is 5.67. The van der Waals surface area contributed by atoms with Crippen molar-refractivity contribution < 1.29 is 14.4 Å². The maximum Gasteiger partial charge on any atom is 0.130 e. The third kappa shape index (κ3) is 4.63. The first-order valence-corrected chi connectivity index (χ1v) is 13.3. The van der Waals surface area contributed by atoms with Gasteiger partial charge in [-0.05, 0) is 67.2 Å². The number of oxime groups is 1. The molecule has 192 valence electrons. The molecule has 2 atom stereocenters. The van der Waals surface area contributed by atoms with Gasteiger partial charge in [0.2, 0.25) is 0 Å². The number of ether oxygens (including phenoxy) is 1. The quantitative estimate of drug-likeness (QED) is 0.294. The lowest BCUT2D eigenvalue weighted by atomic mass is 9.81. The third-order valence-electron chi connectivity index (χ3n) is 8.57. The molecule has 2 fully saturated rings. The molecule has 0 bridgehead atoms. The van der Waals surface area contributed by atoms with Gasteiger partial charge in [-0.15, -0.1) is 0 Å². The van der Waals surface area contributed by atoms with Gasteiger partial charge in [0.05, 0.1) is 17.2 Å². The van der Waals surface area contributed by atoms with Crippen molar-refractivity contribution >= 4 is 17.6 Å². The Morgan fingerprint density at radius 2 is 1.97 bits per heavy atom. The minimum absolute atomic E-state index is 0.0983. The van der Waals surface area contributed by atoms with Crippen LogP contribution in [0.4, 0.5) is 0 Å². The number of carbonyl (C=O) groups is 1. The molecule has 1 aromatic rings. The summed E-state index contributed by atoms with van der Waals surface area (Å²) in [6, 6.07) is 8.76. The number of nitrogens with zero attached hydrogens (tertiary/aromatic N) is 2. The van der Waals surface area contributed by atoms with E-state index >= 15 is 0 Å². The molecule has 3 heterocycles. The summed E-state index contributed by atoms with van der Waals surface area (Å²) in [4.78, 5) is 19.2. The van der Waals surface area contributed by atoms with Gasteiger partial charge in [0.15, 0.2) is 0 Å². The Morgan fingerprint density at radius 1 is 1.25 bits per heavy atom. The number of hydrogen-bond donors (Lipinski definition) is 1. The van der Waals surface area contributed by atoms with Gasteiger partial charge in [0.1, 0.15) is 13.4 Å². The fourth-order valence-electron chi connectivity index (χ4n) is 5.97. The molecule has 0 radical (unpaired) electrons. The van der Waals surface area contributed by atoms with Crippen molar-refractivity contribution in [1.82, 2.24) is 10.2 Å². The van der Waals surface area contributed by atoms with Crippen molar-refractivity contribution in [2.75, 3.05) is 26.9 Å². The number of aldehydes is 1. The van der Waals surface area contributed by atoms with Crippen LogP contribution in [0.15, 0.2) is 59.2 Å². The van der Waals surface area contributed by atoms with Gasteiger partial charge in [0, 0.05) is 49.3 Å². The van der Waals surface area contributed by atoms with Crippen LogP contribution in [0.25, 0.3) is 5.57 Å². The van der Waals surface area contributed by atoms with Crippen LogP contribution in [0.5, 0.6) is 0 Å². The fourth-order valence-corrected chi connectivity index (χ4v) is 5.97. The van der Waals surface area contributed by atoms with Crippen LogP contribution in [0.2, 0.25) is 0 Å². The molecular formula is C30H39N3O3. The van der Waals surface area contributed by atoms with Gasteiger partial charge in [-0.1, -0.05) is 43.3 Å². The molecule has 6 nitrogen and oxygen atoms in total. The summed E-state index contributed by atoms with van der Waals surface area (Å²) in [6.45, 7) is 9.24. The molecule has 5 rings (SSSR count). The molecule has 1 aromatic carbocycles. The zero-order valence-electron chi connectivity index (χ0n) is 22.0. The number of benzene rings is 1. The lowest BCUT2D eigenvalue weighted by Crippen LogP contribution is -2.39. The molecule has 1 saturated heterocycles. The highest BCUT2D eigenvalue weighted by Crippen LogP contribution is 2.47. The fraction of sp³-hybridized carbons (Fsp3) is 0.533. The van der Waals surface area contributed by atoms with Crippen LogP contribution in [0.1, 0.15) is 64.0 Å². The Kier molecular flexibility index (Phi) is 6.82. The lowest BCUT2D eigenvalue weighted by molar-refractivity contribution is -0.109. The molecule has 0 amide bonds. The number of fused-ring (bicyclic) bond motifs is 1. The van der Waals surface area contributed by atoms with E-state index < -0.39 is 0 Å². The Labute approximate surface area is 215 Å². The molecule has 3 aliphatic heterocycles. The molecular weight excluding hydrogens is 450 g/mol. The minimum atomic E-state index is -0.241. The predicted octanol–water partition coefficient (Wildman–Crippen LogP) is 5.18. The second kappa shape index (κ2) is 9.89. The Balaban J connectivity index is 1.47. The average molecular weight is 490 g/mol. The standard InChI is InChI=1S/C30H39N3O3/c1-5-25(21(2)32-35-4)23-16-27-28(31-17-23)26(18-33(27)19-29(3)12-14-36-15-13-29)22-6-8-24(9-7-22)30(20-34)10-11-30/h6-9,16-18,20,25,28,31H,5,10-15,19H2,1-4H3/b32-21-. The topological polar surface area (TPSA) is 63.2 Å². The predicted molar refractivity (Wildman–Crippen MR) is 143 cm³/mol. The van der Waals surface area contributed by atoms with Gasteiger partial charge >= 0.3 is 0 Å². The first-order valence-electron chi connectivity index (χ1n) is 13.3. The Hall–Kier alpha value is -2.86. The summed E-state index contributed by atoms with van der Waals surface area (Å²) in [5, 5.41) is 7.96. The van der Waals surface area contributed by atoms with Crippen molar-refractivity contribution in [2.45, 2.75) is 64.3 Å². The van der Waals surface area contributed by atoms with E-state index in [1.807, 2.05) is 6.92 Å². The van der Waals surface area contributed by atoms with Gasteiger partial charge in [-0.3, -0.25) is 0 Å². The van der Waals surface area contributed by atoms with E-state index in [0.29, 0.717) is 0 Å². The number of dihydropyridines is 1. The average Bonchev–Trinajstić information content (AvgIpc) is 3.62. The van der Waals surface area contributed by atoms with E-state index in [4.69, 9.17) is 9.57 Å². The third-order valence-corrected chi connectivity index (χ3v) is 8.57. The Morgan fingerprint density at radius 3 is 2.58 bits per heavy atom. The van der Waals surface area contributed by atoms with Crippen molar-refractivity contribution in [3.8, 4) is 0 Å². The molecule has 6 heteroatoms. The highest BCUT2D eigenvalue weighted by molar-refractivity contribution is 5.87. The van der Waals surface area contributed by atoms with Crippen molar-refractivity contribution in [3.05, 3.63) is 65.1 Å². The number of carbonyl (C=O) groups excluding carboxylic acids is 1. The number of nitrogens with one attached hydrogen (secondary N) is 1. The van der Waals surface area contributed by atoms with Gasteiger partial charge in [0.25, 0.3) is 0 Å². The molecule has 36 heavy (non-hydrogen) atoms. The lowest BCUT2D eigenvalue weighted by Gasteiger charge is -2.38. The molecule has 1 aliphatic carbocycles. The van der Waals surface area contributed by atoms with E-state index in [-0.39, 0.29) is 22.8 Å². The monoisotopic (exact) mass is 489 g/mol. The zero-order chi connectivity index (χ0) is 25.3. The van der Waals surface area contributed by atoms with E-state index in [9.17, 15) is 4.79 Å². The number of rotatable bonds is 9. The smallest absolute Gasteiger partial charge is 0.130 e. The van der Waals surface area contributed by atoms with Gasteiger partial charge < -0.3 is 24.6 Å². The summed E-state index contributed by atoms with van der Waals surface area (Å²) in [5.74, 6) is 0.202. The summed E-state index contributed by atoms with van der Waals surface area (Å²) in [6.07, 6.45) is 13.0. The van der Waals surface area contributed by atoms with Crippen LogP contribution in [-0.2, 0) is 19.8 Å². The van der Waals surface area contributed by atoms with E-state index in [2.05, 4.69) is 72.0 Å². The SMILES string of the molecule is CCC(C1=CNC2C(c3ccc(C4(C=O)CC4)cc3)=CN(CC3(C)CCOCC3)C2=C1)/C(C)=N\OC. The first-order chi connectivity index (χ1) is 17.4. The normalized spacial score (nSPS) is 25.1. The minimum Gasteiger partial charge on any atom is -0.399 e. The van der Waals surface area contributed by atoms with Crippen molar-refractivity contribution in [3.63, 3.8) is 0 Å². The number of allylic oxidation sites excluding steroid dienone is 2. The second-order valence-electron chi connectivity index (χ2n) is 11.2.